The number of carboxylic acid groups (broad SMARTS) is 1. The molecule has 8 nitrogen and oxygen atoms in total. The van der Waals surface area contributed by atoms with E-state index in [4.69, 9.17) is 5.11 Å². The highest BCUT2D eigenvalue weighted by molar-refractivity contribution is 5.89. The van der Waals surface area contributed by atoms with Crippen molar-refractivity contribution >= 4 is 17.9 Å². The molecule has 0 atom stereocenters. The van der Waals surface area contributed by atoms with Crippen molar-refractivity contribution in [2.75, 3.05) is 11.9 Å². The number of aryl methyl sites for hydroxylation is 2. The van der Waals surface area contributed by atoms with Crippen LogP contribution in [0.1, 0.15) is 11.4 Å². The molecule has 0 saturated carbocycles. The number of aromatic nitrogens is 3. The van der Waals surface area contributed by atoms with Gasteiger partial charge in [-0.15, -0.1) is 5.10 Å². The Morgan fingerprint density at radius 3 is 2.50 bits per heavy atom. The summed E-state index contributed by atoms with van der Waals surface area (Å²) in [5.41, 5.74) is 1.31. The maximum Gasteiger partial charge on any atom is 0.323 e. The lowest BCUT2D eigenvalue weighted by molar-refractivity contribution is -0.135. The van der Waals surface area contributed by atoms with Gasteiger partial charge in [-0.1, -0.05) is 0 Å². The number of hydrogen-bond acceptors (Lipinski definition) is 5. The van der Waals surface area contributed by atoms with Crippen LogP contribution in [0, 0.1) is 13.8 Å². The van der Waals surface area contributed by atoms with Crippen LogP contribution in [0.25, 0.3) is 0 Å². The van der Waals surface area contributed by atoms with E-state index in [1.165, 1.54) is 0 Å². The normalized spacial score (nSPS) is 9.62. The lowest BCUT2D eigenvalue weighted by Gasteiger charge is -2.04. The van der Waals surface area contributed by atoms with Crippen LogP contribution in [0.2, 0.25) is 0 Å². The number of carbonyl (C=O) groups is 2. The first kappa shape index (κ1) is 11.8. The second-order valence-corrected chi connectivity index (χ2v) is 3.01. The number of carbonyl (C=O) groups excluding carboxylic acids is 1. The van der Waals surface area contributed by atoms with E-state index in [9.17, 15) is 9.59 Å². The standard InChI is InChI=1S/C8H11N5O3/c1-4-5(2)12-13-7(10-4)11-8(16)9-3-6(14)15/h3H2,1-2H3,(H,14,15)(H2,9,10,11,13,16). The highest BCUT2D eigenvalue weighted by atomic mass is 16.4. The summed E-state index contributed by atoms with van der Waals surface area (Å²) in [6.07, 6.45) is 0. The van der Waals surface area contributed by atoms with Crippen LogP contribution in [0.5, 0.6) is 0 Å². The fourth-order valence-electron chi connectivity index (χ4n) is 0.811. The molecule has 1 rings (SSSR count). The second kappa shape index (κ2) is 5.01. The van der Waals surface area contributed by atoms with Gasteiger partial charge in [0.15, 0.2) is 0 Å². The Balaban J connectivity index is 2.56. The smallest absolute Gasteiger partial charge is 0.323 e. The Labute approximate surface area is 91.1 Å². The summed E-state index contributed by atoms with van der Waals surface area (Å²) in [5.74, 6) is -1.10. The Hall–Kier alpha value is -2.25. The van der Waals surface area contributed by atoms with Crippen molar-refractivity contribution in [2.45, 2.75) is 13.8 Å². The number of rotatable bonds is 3. The SMILES string of the molecule is Cc1nnc(NC(=O)NCC(=O)O)nc1C. The van der Waals surface area contributed by atoms with Crippen molar-refractivity contribution in [3.63, 3.8) is 0 Å². The number of amides is 2. The molecule has 8 heteroatoms. The average molecular weight is 225 g/mol. The van der Waals surface area contributed by atoms with E-state index in [1.807, 2.05) is 0 Å². The molecule has 0 aliphatic rings. The lowest BCUT2D eigenvalue weighted by atomic mass is 10.4. The number of nitrogens with zero attached hydrogens (tertiary/aromatic N) is 3. The molecule has 0 aromatic carbocycles. The Kier molecular flexibility index (Phi) is 3.70. The number of hydrogen-bond donors (Lipinski definition) is 3. The number of anilines is 1. The molecule has 0 radical (unpaired) electrons. The van der Waals surface area contributed by atoms with Gasteiger partial charge in [-0.25, -0.2) is 9.78 Å². The molecule has 0 unspecified atom stereocenters. The molecule has 0 saturated heterocycles. The minimum Gasteiger partial charge on any atom is -0.480 e. The van der Waals surface area contributed by atoms with E-state index in [1.54, 1.807) is 13.8 Å². The zero-order valence-corrected chi connectivity index (χ0v) is 8.81. The van der Waals surface area contributed by atoms with Crippen LogP contribution in [-0.4, -0.2) is 38.8 Å². The first-order chi connectivity index (χ1) is 7.49. The van der Waals surface area contributed by atoms with E-state index < -0.39 is 18.5 Å². The van der Waals surface area contributed by atoms with Crippen molar-refractivity contribution in [1.82, 2.24) is 20.5 Å². The van der Waals surface area contributed by atoms with Crippen molar-refractivity contribution < 1.29 is 14.7 Å². The lowest BCUT2D eigenvalue weighted by Crippen LogP contribution is -2.33. The summed E-state index contributed by atoms with van der Waals surface area (Å²) in [6.45, 7) is 3.00. The molecular weight excluding hydrogens is 214 g/mol. The minimum atomic E-state index is -1.13. The van der Waals surface area contributed by atoms with Gasteiger partial charge in [0, 0.05) is 0 Å². The number of nitrogens with one attached hydrogen (secondary N) is 2. The van der Waals surface area contributed by atoms with Gasteiger partial charge in [0.05, 0.1) is 11.4 Å². The van der Waals surface area contributed by atoms with E-state index >= 15 is 0 Å². The van der Waals surface area contributed by atoms with Gasteiger partial charge in [0.1, 0.15) is 6.54 Å². The predicted molar refractivity (Wildman–Crippen MR) is 54.0 cm³/mol. The van der Waals surface area contributed by atoms with Gasteiger partial charge >= 0.3 is 12.0 Å². The third-order valence-corrected chi connectivity index (χ3v) is 1.72. The van der Waals surface area contributed by atoms with Crippen LogP contribution < -0.4 is 10.6 Å². The van der Waals surface area contributed by atoms with Gasteiger partial charge in [-0.05, 0) is 13.8 Å². The highest BCUT2D eigenvalue weighted by Crippen LogP contribution is 2.01. The van der Waals surface area contributed by atoms with E-state index in [0.717, 1.165) is 0 Å². The fourth-order valence-corrected chi connectivity index (χ4v) is 0.811. The molecule has 86 valence electrons. The van der Waals surface area contributed by atoms with Crippen LogP contribution >= 0.6 is 0 Å². The molecule has 0 spiro atoms. The fraction of sp³-hybridized carbons (Fsp3) is 0.375. The summed E-state index contributed by atoms with van der Waals surface area (Å²) < 4.78 is 0. The Morgan fingerprint density at radius 1 is 1.25 bits per heavy atom. The predicted octanol–water partition coefficient (Wildman–Crippen LogP) is -0.305. The van der Waals surface area contributed by atoms with E-state index in [-0.39, 0.29) is 5.95 Å². The maximum absolute atomic E-state index is 11.1. The molecule has 0 fully saturated rings. The van der Waals surface area contributed by atoms with Crippen molar-refractivity contribution in [3.8, 4) is 0 Å². The maximum atomic E-state index is 11.1. The molecule has 1 aromatic rings. The van der Waals surface area contributed by atoms with Crippen LogP contribution in [0.4, 0.5) is 10.7 Å². The van der Waals surface area contributed by atoms with Crippen molar-refractivity contribution in [2.24, 2.45) is 0 Å². The average Bonchev–Trinajstić information content (AvgIpc) is 2.21. The number of urea groups is 1. The topological polar surface area (TPSA) is 117 Å². The van der Waals surface area contributed by atoms with Crippen LogP contribution in [0.15, 0.2) is 0 Å². The number of aliphatic carboxylic acids is 1. The van der Waals surface area contributed by atoms with Gasteiger partial charge < -0.3 is 10.4 Å². The Morgan fingerprint density at radius 2 is 1.94 bits per heavy atom. The summed E-state index contributed by atoms with van der Waals surface area (Å²) in [5, 5.41) is 20.1. The van der Waals surface area contributed by atoms with Crippen LogP contribution in [-0.2, 0) is 4.79 Å². The van der Waals surface area contributed by atoms with Gasteiger partial charge in [0.25, 0.3) is 5.95 Å². The van der Waals surface area contributed by atoms with Crippen molar-refractivity contribution in [1.29, 1.82) is 0 Å². The first-order valence-electron chi connectivity index (χ1n) is 4.43. The molecule has 3 N–H and O–H groups in total. The van der Waals surface area contributed by atoms with Gasteiger partial charge in [-0.3, -0.25) is 10.1 Å². The monoisotopic (exact) mass is 225 g/mol. The molecule has 0 aliphatic heterocycles. The van der Waals surface area contributed by atoms with Gasteiger partial charge in [-0.2, -0.15) is 5.10 Å². The quantitative estimate of drug-likeness (QED) is 0.649. The zero-order chi connectivity index (χ0) is 12.1. The summed E-state index contributed by atoms with van der Waals surface area (Å²) in [6, 6.07) is -0.688. The molecule has 2 amide bonds. The number of carboxylic acids is 1. The summed E-state index contributed by atoms with van der Waals surface area (Å²) in [4.78, 5) is 25.2. The third kappa shape index (κ3) is 3.48. The van der Waals surface area contributed by atoms with E-state index in [2.05, 4.69) is 25.8 Å². The molecular formula is C8H11N5O3. The highest BCUT2D eigenvalue weighted by Gasteiger charge is 2.07. The van der Waals surface area contributed by atoms with Crippen LogP contribution in [0.3, 0.4) is 0 Å². The summed E-state index contributed by atoms with van der Waals surface area (Å²) in [7, 11) is 0. The first-order valence-corrected chi connectivity index (χ1v) is 4.43. The van der Waals surface area contributed by atoms with Crippen molar-refractivity contribution in [3.05, 3.63) is 11.4 Å². The second-order valence-electron chi connectivity index (χ2n) is 3.01. The Bertz CT molecular complexity index is 420. The summed E-state index contributed by atoms with van der Waals surface area (Å²) >= 11 is 0. The molecule has 1 aromatic heterocycles. The molecule has 1 heterocycles. The third-order valence-electron chi connectivity index (χ3n) is 1.72. The zero-order valence-electron chi connectivity index (χ0n) is 8.81. The minimum absolute atomic E-state index is 0.0333. The molecule has 0 bridgehead atoms. The molecule has 16 heavy (non-hydrogen) atoms. The van der Waals surface area contributed by atoms with E-state index in [0.29, 0.717) is 11.4 Å². The molecule has 0 aliphatic carbocycles. The van der Waals surface area contributed by atoms with Gasteiger partial charge in [0.2, 0.25) is 0 Å². The largest absolute Gasteiger partial charge is 0.480 e.